The first kappa shape index (κ1) is 34.4. The normalized spacial score (nSPS) is 24.8. The zero-order chi connectivity index (χ0) is 34.1. The number of rotatable bonds is 13. The van der Waals surface area contributed by atoms with Gasteiger partial charge in [0.2, 0.25) is 11.8 Å². The van der Waals surface area contributed by atoms with Gasteiger partial charge in [0.1, 0.15) is 18.4 Å². The molecule has 1 saturated heterocycles. The third-order valence-corrected chi connectivity index (χ3v) is 8.95. The summed E-state index contributed by atoms with van der Waals surface area (Å²) in [5, 5.41) is 14.7. The Bertz CT molecular complexity index is 1800. The van der Waals surface area contributed by atoms with E-state index in [-0.39, 0.29) is 47.9 Å². The third kappa shape index (κ3) is 7.02. The lowest BCUT2D eigenvalue weighted by molar-refractivity contribution is -0.202. The number of hydrogen-bond donors (Lipinski definition) is 3. The van der Waals surface area contributed by atoms with E-state index < -0.39 is 50.2 Å². The maximum absolute atomic E-state index is 16.5. The third-order valence-electron chi connectivity index (χ3n) is 7.34. The van der Waals surface area contributed by atoms with Crippen LogP contribution in [0.2, 0.25) is 0 Å². The summed E-state index contributed by atoms with van der Waals surface area (Å²) < 4.78 is 75.5. The van der Waals surface area contributed by atoms with E-state index in [1.165, 1.54) is 13.0 Å². The number of anilines is 1. The van der Waals surface area contributed by atoms with E-state index in [1.54, 1.807) is 43.3 Å². The minimum Gasteiger partial charge on any atom is -0.476 e. The van der Waals surface area contributed by atoms with E-state index >= 15 is 8.78 Å². The van der Waals surface area contributed by atoms with E-state index in [9.17, 15) is 14.5 Å². The number of nitrogens with one attached hydrogen (secondary N) is 1. The second-order valence-corrected chi connectivity index (χ2v) is 13.4. The van der Waals surface area contributed by atoms with Gasteiger partial charge in [-0.05, 0) is 38.1 Å². The summed E-state index contributed by atoms with van der Waals surface area (Å²) in [6, 6.07) is 10.7. The molecule has 0 aliphatic carbocycles. The van der Waals surface area contributed by atoms with Crippen LogP contribution >= 0.6 is 7.75 Å². The zero-order valence-corrected chi connectivity index (χ0v) is 27.3. The van der Waals surface area contributed by atoms with E-state index in [0.29, 0.717) is 5.39 Å². The molecule has 1 aliphatic heterocycles. The molecule has 5 rings (SSSR count). The number of carbonyl (C=O) groups excluding carboxylic acids is 1. The summed E-state index contributed by atoms with van der Waals surface area (Å²) in [6.45, 7) is 6.69. The highest BCUT2D eigenvalue weighted by atomic mass is 31.2. The minimum atomic E-state index is -4.68. The van der Waals surface area contributed by atoms with Crippen molar-refractivity contribution < 1.29 is 46.5 Å². The fraction of sp³-hybridized carbons (Fsp3) is 0.467. The number of aliphatic hydroxyl groups is 1. The summed E-state index contributed by atoms with van der Waals surface area (Å²) in [5.41, 5.74) is 3.05. The fourth-order valence-corrected chi connectivity index (χ4v) is 6.53. The Kier molecular flexibility index (Phi) is 9.71. The molecule has 1 unspecified atom stereocenters. The molecule has 14 nitrogen and oxygen atoms in total. The van der Waals surface area contributed by atoms with Crippen LogP contribution < -0.4 is 20.1 Å². The van der Waals surface area contributed by atoms with Crippen LogP contribution in [0.5, 0.6) is 11.6 Å². The standard InChI is InChI=1S/C30H37F2N6O8P/c1-6-42-24-22-23(35-28(33)36-24)38(16-34-22)27-29(5,31)26(40)30(32,45-27)15-44-47(41,37-18(4)25(39)43-14-17(2)3)46-21-13-9-11-19-10-7-8-12-20(19)21/h7-13,16-18,26-27,40H,6,14-15H2,1-5H3,(H,37,41)(H2,33,35,36)/t18-,26-,27+,29+,30+,47?/m0/s1. The molecule has 0 amide bonds. The van der Waals surface area contributed by atoms with Crippen molar-refractivity contribution in [3.8, 4) is 11.6 Å². The van der Waals surface area contributed by atoms with Crippen molar-refractivity contribution in [2.75, 3.05) is 25.6 Å². The molecule has 3 heterocycles. The first-order chi connectivity index (χ1) is 22.2. The molecule has 0 bridgehead atoms. The van der Waals surface area contributed by atoms with Crippen molar-refractivity contribution in [2.45, 2.75) is 64.5 Å². The number of nitrogens with zero attached hydrogens (tertiary/aromatic N) is 4. The Morgan fingerprint density at radius 3 is 2.64 bits per heavy atom. The van der Waals surface area contributed by atoms with E-state index in [1.807, 2.05) is 13.8 Å². The number of hydrogen-bond acceptors (Lipinski definition) is 12. The van der Waals surface area contributed by atoms with Crippen LogP contribution in [0.1, 0.15) is 40.8 Å². The highest BCUT2D eigenvalue weighted by Gasteiger charge is 2.65. The number of alkyl halides is 2. The van der Waals surface area contributed by atoms with Gasteiger partial charge >= 0.3 is 13.7 Å². The van der Waals surface area contributed by atoms with Crippen LogP contribution in [-0.2, 0) is 23.4 Å². The van der Waals surface area contributed by atoms with Gasteiger partial charge in [-0.1, -0.05) is 50.2 Å². The molecule has 4 N–H and O–H groups in total. The number of aliphatic hydroxyl groups excluding tert-OH is 1. The Hall–Kier alpha value is -3.95. The highest BCUT2D eigenvalue weighted by molar-refractivity contribution is 7.52. The van der Waals surface area contributed by atoms with Crippen molar-refractivity contribution >= 4 is 41.6 Å². The van der Waals surface area contributed by atoms with Gasteiger partial charge in [0.05, 0.1) is 19.5 Å². The minimum absolute atomic E-state index is 0.0151. The van der Waals surface area contributed by atoms with Crippen molar-refractivity contribution in [1.29, 1.82) is 0 Å². The first-order valence-corrected chi connectivity index (χ1v) is 16.4. The monoisotopic (exact) mass is 678 g/mol. The summed E-state index contributed by atoms with van der Waals surface area (Å²) >= 11 is 0. The van der Waals surface area contributed by atoms with Gasteiger partial charge in [-0.15, -0.1) is 0 Å². The zero-order valence-electron chi connectivity index (χ0n) is 26.4. The molecule has 2 aromatic heterocycles. The Morgan fingerprint density at radius 2 is 1.91 bits per heavy atom. The molecule has 2 aromatic carbocycles. The predicted molar refractivity (Wildman–Crippen MR) is 167 cm³/mol. The van der Waals surface area contributed by atoms with Crippen LogP contribution in [-0.4, -0.2) is 74.1 Å². The van der Waals surface area contributed by atoms with E-state index in [4.69, 9.17) is 29.0 Å². The van der Waals surface area contributed by atoms with Gasteiger partial charge in [0.25, 0.3) is 5.85 Å². The Labute approximate surface area is 269 Å². The van der Waals surface area contributed by atoms with Gasteiger partial charge in [0.15, 0.2) is 29.2 Å². The molecule has 1 aliphatic rings. The van der Waals surface area contributed by atoms with Crippen LogP contribution in [0.4, 0.5) is 14.7 Å². The maximum Gasteiger partial charge on any atom is 0.459 e. The quantitative estimate of drug-likeness (QED) is 0.132. The number of esters is 1. The van der Waals surface area contributed by atoms with Crippen LogP contribution in [0.25, 0.3) is 21.9 Å². The van der Waals surface area contributed by atoms with Gasteiger partial charge in [0, 0.05) is 5.39 Å². The topological polar surface area (TPSA) is 182 Å². The Balaban J connectivity index is 1.44. The van der Waals surface area contributed by atoms with Crippen LogP contribution in [0.15, 0.2) is 48.8 Å². The molecule has 47 heavy (non-hydrogen) atoms. The largest absolute Gasteiger partial charge is 0.476 e. The van der Waals surface area contributed by atoms with E-state index in [0.717, 1.165) is 23.2 Å². The molecule has 6 atom stereocenters. The van der Waals surface area contributed by atoms with Crippen LogP contribution in [0, 0.1) is 5.92 Å². The van der Waals surface area contributed by atoms with Crippen molar-refractivity contribution in [2.24, 2.45) is 5.92 Å². The van der Waals surface area contributed by atoms with Crippen molar-refractivity contribution in [1.82, 2.24) is 24.6 Å². The molecule has 254 valence electrons. The molecule has 1 fully saturated rings. The summed E-state index contributed by atoms with van der Waals surface area (Å²) in [6.07, 6.45) is -3.21. The molecule has 17 heteroatoms. The number of benzene rings is 2. The SMILES string of the molecule is CCOc1nc(N)nc2c1ncn2[C@@H]1O[C@](F)(COP(=O)(N[C@@H](C)C(=O)OCC(C)C)Oc2cccc3ccccc23)[C@@H](O)[C@@]1(C)F. The van der Waals surface area contributed by atoms with Crippen molar-refractivity contribution in [3.63, 3.8) is 0 Å². The maximum atomic E-state index is 16.5. The average molecular weight is 679 g/mol. The number of aromatic nitrogens is 4. The number of nitrogen functional groups attached to an aromatic ring is 1. The number of carbonyl (C=O) groups is 1. The predicted octanol–water partition coefficient (Wildman–Crippen LogP) is 4.63. The summed E-state index contributed by atoms with van der Waals surface area (Å²) in [4.78, 5) is 24.9. The molecule has 0 spiro atoms. The Morgan fingerprint density at radius 1 is 1.19 bits per heavy atom. The molecular formula is C30H37F2N6O8P. The molecule has 0 saturated carbocycles. The number of imidazole rings is 1. The molecule has 4 aromatic rings. The second-order valence-electron chi connectivity index (χ2n) is 11.7. The number of halogens is 2. The number of nitrogens with two attached hydrogens (primary N) is 1. The van der Waals surface area contributed by atoms with Gasteiger partial charge < -0.3 is 29.6 Å². The highest BCUT2D eigenvalue weighted by Crippen LogP contribution is 2.52. The first-order valence-electron chi connectivity index (χ1n) is 14.9. The second kappa shape index (κ2) is 13.3. The lowest BCUT2D eigenvalue weighted by atomic mass is 9.97. The smallest absolute Gasteiger partial charge is 0.459 e. The van der Waals surface area contributed by atoms with Crippen LogP contribution in [0.3, 0.4) is 0 Å². The lowest BCUT2D eigenvalue weighted by Crippen LogP contribution is -2.47. The lowest BCUT2D eigenvalue weighted by Gasteiger charge is -2.28. The fourth-order valence-electron chi connectivity index (χ4n) is 5.01. The summed E-state index contributed by atoms with van der Waals surface area (Å²) in [5.74, 6) is -4.16. The van der Waals surface area contributed by atoms with Gasteiger partial charge in [-0.3, -0.25) is 13.9 Å². The summed E-state index contributed by atoms with van der Waals surface area (Å²) in [7, 11) is -4.68. The van der Waals surface area contributed by atoms with Crippen molar-refractivity contribution in [3.05, 3.63) is 48.8 Å². The molecular weight excluding hydrogens is 641 g/mol. The number of fused-ring (bicyclic) bond motifs is 2. The number of ether oxygens (including phenoxy) is 3. The van der Waals surface area contributed by atoms with Gasteiger partial charge in [-0.25, -0.2) is 18.3 Å². The molecule has 0 radical (unpaired) electrons. The van der Waals surface area contributed by atoms with Gasteiger partial charge in [-0.2, -0.15) is 15.1 Å². The average Bonchev–Trinajstić information content (AvgIpc) is 3.51. The van der Waals surface area contributed by atoms with E-state index in [2.05, 4.69) is 20.0 Å².